The Hall–Kier alpha value is -0.890. The summed E-state index contributed by atoms with van der Waals surface area (Å²) in [6.45, 7) is 2.07. The smallest absolute Gasteiger partial charge is 0.135 e. The first kappa shape index (κ1) is 7.74. The Morgan fingerprint density at radius 3 is 2.75 bits per heavy atom. The van der Waals surface area contributed by atoms with E-state index in [2.05, 4.69) is 19.6 Å². The molecular weight excluding hydrogens is 168 g/mol. The van der Waals surface area contributed by atoms with Crippen molar-refractivity contribution in [2.75, 3.05) is 0 Å². The molecule has 0 bridgehead atoms. The van der Waals surface area contributed by atoms with E-state index in [1.165, 1.54) is 0 Å². The summed E-state index contributed by atoms with van der Waals surface area (Å²) in [6, 6.07) is 7.96. The van der Waals surface area contributed by atoms with Crippen molar-refractivity contribution in [2.24, 2.45) is 0 Å². The standard InChI is InChI=1S/C10H10OS/c1-2-8-10(12)7-5-3-4-6-9(7)11-8/h3-6,12H,2H2,1H3. The highest BCUT2D eigenvalue weighted by Gasteiger charge is 2.07. The molecule has 0 saturated carbocycles. The van der Waals surface area contributed by atoms with Crippen LogP contribution in [0, 0.1) is 0 Å². The number of aryl methyl sites for hydroxylation is 1. The van der Waals surface area contributed by atoms with Crippen LogP contribution in [0.25, 0.3) is 11.0 Å². The monoisotopic (exact) mass is 178 g/mol. The van der Waals surface area contributed by atoms with Gasteiger partial charge in [-0.05, 0) is 12.1 Å². The third-order valence-corrected chi connectivity index (χ3v) is 2.45. The molecule has 1 heterocycles. The number of hydrogen-bond acceptors (Lipinski definition) is 2. The van der Waals surface area contributed by atoms with Gasteiger partial charge < -0.3 is 4.42 Å². The number of rotatable bonds is 1. The molecule has 0 aliphatic carbocycles. The molecule has 0 aliphatic rings. The molecule has 0 spiro atoms. The van der Waals surface area contributed by atoms with Crippen LogP contribution in [-0.4, -0.2) is 0 Å². The van der Waals surface area contributed by atoms with Crippen LogP contribution in [0.15, 0.2) is 33.6 Å². The lowest BCUT2D eigenvalue weighted by molar-refractivity contribution is 0.546. The fourth-order valence-electron chi connectivity index (χ4n) is 1.32. The number of para-hydroxylation sites is 1. The van der Waals surface area contributed by atoms with Gasteiger partial charge in [0.1, 0.15) is 11.3 Å². The summed E-state index contributed by atoms with van der Waals surface area (Å²) >= 11 is 4.40. The maximum atomic E-state index is 5.57. The molecule has 0 unspecified atom stereocenters. The predicted octanol–water partition coefficient (Wildman–Crippen LogP) is 3.28. The van der Waals surface area contributed by atoms with Crippen LogP contribution < -0.4 is 0 Å². The van der Waals surface area contributed by atoms with E-state index in [0.717, 1.165) is 28.0 Å². The second kappa shape index (κ2) is 2.87. The van der Waals surface area contributed by atoms with Gasteiger partial charge in [-0.25, -0.2) is 0 Å². The average molecular weight is 178 g/mol. The summed E-state index contributed by atoms with van der Waals surface area (Å²) in [5.41, 5.74) is 0.930. The van der Waals surface area contributed by atoms with Crippen molar-refractivity contribution >= 4 is 23.6 Å². The fourth-order valence-corrected chi connectivity index (χ4v) is 1.71. The molecule has 2 rings (SSSR count). The van der Waals surface area contributed by atoms with E-state index < -0.39 is 0 Å². The minimum absolute atomic E-state index is 0.896. The van der Waals surface area contributed by atoms with Gasteiger partial charge in [0.25, 0.3) is 0 Å². The van der Waals surface area contributed by atoms with Gasteiger partial charge in [0.2, 0.25) is 0 Å². The third-order valence-electron chi connectivity index (χ3n) is 1.96. The molecule has 0 N–H and O–H groups in total. The molecule has 0 amide bonds. The summed E-state index contributed by atoms with van der Waals surface area (Å²) in [5, 5.41) is 1.11. The first-order valence-electron chi connectivity index (χ1n) is 4.02. The number of thiol groups is 1. The van der Waals surface area contributed by atoms with Crippen LogP contribution in [0.1, 0.15) is 12.7 Å². The molecule has 2 heteroatoms. The zero-order valence-electron chi connectivity index (χ0n) is 6.87. The summed E-state index contributed by atoms with van der Waals surface area (Å²) in [7, 11) is 0. The number of benzene rings is 1. The van der Waals surface area contributed by atoms with Gasteiger partial charge >= 0.3 is 0 Å². The van der Waals surface area contributed by atoms with E-state index in [4.69, 9.17) is 4.42 Å². The molecule has 0 saturated heterocycles. The van der Waals surface area contributed by atoms with E-state index in [0.29, 0.717) is 0 Å². The molecular formula is C10H10OS. The maximum absolute atomic E-state index is 5.57. The van der Waals surface area contributed by atoms with Crippen molar-refractivity contribution in [3.63, 3.8) is 0 Å². The normalized spacial score (nSPS) is 10.8. The quantitative estimate of drug-likeness (QED) is 0.661. The van der Waals surface area contributed by atoms with Crippen LogP contribution in [0.3, 0.4) is 0 Å². The Morgan fingerprint density at radius 2 is 2.08 bits per heavy atom. The minimum atomic E-state index is 0.896. The van der Waals surface area contributed by atoms with Crippen LogP contribution in [0.2, 0.25) is 0 Å². The van der Waals surface area contributed by atoms with Crippen molar-refractivity contribution in [3.8, 4) is 0 Å². The lowest BCUT2D eigenvalue weighted by atomic mass is 10.2. The second-order valence-corrected chi connectivity index (χ2v) is 3.17. The summed E-state index contributed by atoms with van der Waals surface area (Å²) < 4.78 is 5.57. The molecule has 2 aromatic rings. The third kappa shape index (κ3) is 1.03. The first-order chi connectivity index (χ1) is 5.83. The van der Waals surface area contributed by atoms with Crippen molar-refractivity contribution in [1.82, 2.24) is 0 Å². The molecule has 0 atom stereocenters. The average Bonchev–Trinajstić information content (AvgIpc) is 2.44. The molecule has 62 valence electrons. The van der Waals surface area contributed by atoms with Crippen LogP contribution in [0.4, 0.5) is 0 Å². The first-order valence-corrected chi connectivity index (χ1v) is 4.47. The number of hydrogen-bond donors (Lipinski definition) is 1. The minimum Gasteiger partial charge on any atom is -0.460 e. The van der Waals surface area contributed by atoms with Gasteiger partial charge in [0, 0.05) is 11.8 Å². The van der Waals surface area contributed by atoms with E-state index in [1.807, 2.05) is 24.3 Å². The Labute approximate surface area is 76.8 Å². The van der Waals surface area contributed by atoms with Gasteiger partial charge in [-0.3, -0.25) is 0 Å². The Kier molecular flexibility index (Phi) is 1.85. The molecule has 1 aromatic heterocycles. The SMILES string of the molecule is CCc1oc2ccccc2c1S. The Bertz CT molecular complexity index is 403. The van der Waals surface area contributed by atoms with E-state index in [1.54, 1.807) is 0 Å². The lowest BCUT2D eigenvalue weighted by Crippen LogP contribution is -1.72. The summed E-state index contributed by atoms with van der Waals surface area (Å²) in [6.07, 6.45) is 0.896. The zero-order chi connectivity index (χ0) is 8.55. The highest BCUT2D eigenvalue weighted by atomic mass is 32.1. The van der Waals surface area contributed by atoms with Crippen molar-refractivity contribution < 1.29 is 4.42 Å². The van der Waals surface area contributed by atoms with Crippen LogP contribution >= 0.6 is 12.6 Å². The van der Waals surface area contributed by atoms with Crippen molar-refractivity contribution in [1.29, 1.82) is 0 Å². The number of furan rings is 1. The van der Waals surface area contributed by atoms with E-state index >= 15 is 0 Å². The topological polar surface area (TPSA) is 13.1 Å². The summed E-state index contributed by atoms with van der Waals surface area (Å²) in [5.74, 6) is 0.972. The van der Waals surface area contributed by atoms with E-state index in [-0.39, 0.29) is 0 Å². The van der Waals surface area contributed by atoms with Gasteiger partial charge in [-0.2, -0.15) is 0 Å². The highest BCUT2D eigenvalue weighted by Crippen LogP contribution is 2.28. The molecule has 1 aromatic carbocycles. The molecule has 0 aliphatic heterocycles. The fraction of sp³-hybridized carbons (Fsp3) is 0.200. The van der Waals surface area contributed by atoms with Crippen LogP contribution in [-0.2, 0) is 6.42 Å². The molecule has 0 radical (unpaired) electrons. The second-order valence-electron chi connectivity index (χ2n) is 2.72. The van der Waals surface area contributed by atoms with Gasteiger partial charge in [0.05, 0.1) is 4.90 Å². The van der Waals surface area contributed by atoms with Crippen molar-refractivity contribution in [3.05, 3.63) is 30.0 Å². The largest absolute Gasteiger partial charge is 0.460 e. The highest BCUT2D eigenvalue weighted by molar-refractivity contribution is 7.80. The Morgan fingerprint density at radius 1 is 1.33 bits per heavy atom. The van der Waals surface area contributed by atoms with E-state index in [9.17, 15) is 0 Å². The van der Waals surface area contributed by atoms with Crippen LogP contribution in [0.5, 0.6) is 0 Å². The van der Waals surface area contributed by atoms with Gasteiger partial charge in [-0.1, -0.05) is 19.1 Å². The predicted molar refractivity (Wildman–Crippen MR) is 52.8 cm³/mol. The van der Waals surface area contributed by atoms with Crippen molar-refractivity contribution in [2.45, 2.75) is 18.2 Å². The molecule has 12 heavy (non-hydrogen) atoms. The summed E-state index contributed by atoms with van der Waals surface area (Å²) in [4.78, 5) is 0.980. The van der Waals surface area contributed by atoms with Gasteiger partial charge in [-0.15, -0.1) is 12.6 Å². The molecule has 0 fully saturated rings. The lowest BCUT2D eigenvalue weighted by Gasteiger charge is -1.87. The Balaban J connectivity index is 2.78. The molecule has 1 nitrogen and oxygen atoms in total. The zero-order valence-corrected chi connectivity index (χ0v) is 7.77. The van der Waals surface area contributed by atoms with Gasteiger partial charge in [0.15, 0.2) is 0 Å². The maximum Gasteiger partial charge on any atom is 0.135 e. The number of fused-ring (bicyclic) bond motifs is 1.